The average molecular weight is 859 g/mol. The van der Waals surface area contributed by atoms with Crippen molar-refractivity contribution >= 4 is 11.9 Å². The molecule has 342 valence electrons. The van der Waals surface area contributed by atoms with Crippen LogP contribution in [0.2, 0.25) is 0 Å². The second kappa shape index (κ2) is 15.7. The van der Waals surface area contributed by atoms with E-state index < -0.39 is 150 Å². The number of carboxylic acid groups (broad SMARTS) is 1. The molecule has 2 heterocycles. The van der Waals surface area contributed by atoms with Crippen LogP contribution in [0.25, 0.3) is 0 Å². The van der Waals surface area contributed by atoms with E-state index in [-0.39, 0.29) is 31.1 Å². The molecule has 7 aliphatic rings. The van der Waals surface area contributed by atoms with Gasteiger partial charge in [0, 0.05) is 5.92 Å². The van der Waals surface area contributed by atoms with Crippen LogP contribution in [0.4, 0.5) is 0 Å². The number of hydrogen-bond donors (Lipinski definition) is 12. The number of carbonyl (C=O) groups excluding carboxylic acids is 1. The molecule has 0 amide bonds. The van der Waals surface area contributed by atoms with Gasteiger partial charge in [-0.1, -0.05) is 39.3 Å². The number of allylic oxidation sites excluding steroid dienone is 1. The van der Waals surface area contributed by atoms with Gasteiger partial charge in [-0.15, -0.1) is 0 Å². The van der Waals surface area contributed by atoms with Gasteiger partial charge >= 0.3 is 11.9 Å². The number of carboxylic acids is 1. The first kappa shape index (κ1) is 46.1. The number of aliphatic hydroxyl groups excluding tert-OH is 10. The quantitative estimate of drug-likeness (QED) is 0.0735. The number of hydrogen-bond acceptors (Lipinski definition) is 17. The van der Waals surface area contributed by atoms with Crippen LogP contribution < -0.4 is 0 Å². The third-order valence-electron chi connectivity index (χ3n) is 17.7. The molecule has 12 N–H and O–H groups in total. The second-order valence-corrected chi connectivity index (χ2v) is 20.2. The maximum Gasteiger partial charge on any atom is 0.315 e. The molecule has 0 aromatic heterocycles. The molecule has 0 unspecified atom stereocenters. The molecule has 18 heteroatoms. The molecule has 0 spiro atoms. The third-order valence-corrected chi connectivity index (χ3v) is 17.7. The molecule has 22 atom stereocenters. The molecule has 4 saturated carbocycles. The molecule has 60 heavy (non-hydrogen) atoms. The molecular formula is C42H66O18. The topological polar surface area (TPSA) is 314 Å². The number of ether oxygens (including phenoxy) is 4. The molecule has 18 nitrogen and oxygen atoms in total. The van der Waals surface area contributed by atoms with Crippen molar-refractivity contribution in [3.8, 4) is 0 Å². The molecule has 7 rings (SSSR count). The largest absolute Gasteiger partial charge is 0.481 e. The van der Waals surface area contributed by atoms with Crippen molar-refractivity contribution < 1.29 is 89.8 Å². The highest BCUT2D eigenvalue weighted by Gasteiger charge is 2.75. The lowest BCUT2D eigenvalue weighted by atomic mass is 9.32. The summed E-state index contributed by atoms with van der Waals surface area (Å²) in [4.78, 5) is 28.3. The summed E-state index contributed by atoms with van der Waals surface area (Å²) in [6.07, 6.45) is -15.3. The van der Waals surface area contributed by atoms with E-state index in [1.165, 1.54) is 0 Å². The molecule has 0 aromatic carbocycles. The van der Waals surface area contributed by atoms with E-state index >= 15 is 0 Å². The zero-order valence-electron chi connectivity index (χ0n) is 34.9. The zero-order chi connectivity index (χ0) is 44.3. The number of aliphatic carboxylic acids is 1. The monoisotopic (exact) mass is 858 g/mol. The van der Waals surface area contributed by atoms with Gasteiger partial charge in [0.15, 0.2) is 6.29 Å². The summed E-state index contributed by atoms with van der Waals surface area (Å²) >= 11 is 0. The number of rotatable bonds is 8. The van der Waals surface area contributed by atoms with Crippen LogP contribution in [-0.2, 0) is 28.5 Å². The molecule has 2 saturated heterocycles. The number of aliphatic hydroxyl groups is 11. The Labute approximate surface area is 348 Å². The minimum Gasteiger partial charge on any atom is -0.481 e. The van der Waals surface area contributed by atoms with Gasteiger partial charge in [-0.2, -0.15) is 0 Å². The second-order valence-electron chi connectivity index (χ2n) is 20.2. The Balaban J connectivity index is 1.24. The van der Waals surface area contributed by atoms with Crippen LogP contribution in [0.15, 0.2) is 11.6 Å². The van der Waals surface area contributed by atoms with Crippen molar-refractivity contribution in [2.75, 3.05) is 19.8 Å². The Morgan fingerprint density at radius 2 is 1.35 bits per heavy atom. The van der Waals surface area contributed by atoms with E-state index in [2.05, 4.69) is 13.8 Å². The first-order valence-electron chi connectivity index (χ1n) is 21.4. The fourth-order valence-corrected chi connectivity index (χ4v) is 13.9. The fraction of sp³-hybridized carbons (Fsp3) is 0.905. The van der Waals surface area contributed by atoms with Crippen molar-refractivity contribution in [2.24, 2.45) is 50.7 Å². The lowest BCUT2D eigenvalue weighted by Gasteiger charge is -2.72. The van der Waals surface area contributed by atoms with Crippen LogP contribution in [-0.4, -0.2) is 172 Å². The van der Waals surface area contributed by atoms with Crippen LogP contribution in [0, 0.1) is 50.7 Å². The summed E-state index contributed by atoms with van der Waals surface area (Å²) < 4.78 is 23.1. The summed E-state index contributed by atoms with van der Waals surface area (Å²) in [5.41, 5.74) is -6.27. The van der Waals surface area contributed by atoms with Gasteiger partial charge in [-0.05, 0) is 92.3 Å². The van der Waals surface area contributed by atoms with E-state index in [0.29, 0.717) is 32.1 Å². The lowest BCUT2D eigenvalue weighted by molar-refractivity contribution is -0.344. The van der Waals surface area contributed by atoms with Crippen molar-refractivity contribution in [3.05, 3.63) is 11.6 Å². The Kier molecular flexibility index (Phi) is 12.1. The molecule has 5 aliphatic carbocycles. The SMILES string of the molecule is C[C@@H]1CC[C@]2(C(=O)O[C@H]3O[C@@H](CO)[C@H](O)[C@@H](O)[C@@H]3O)CC[C@]3(C)C(=CC[C@@H]4[C@@]5(C)C[C@@H](O)[C@H](O[C@H]6O[C@@H](CO)[C@H](O)[C@@H](O)[C@@H]6O)[C@@](CO)(C(=O)O)[C@H]5CC[C@]43C)[C@@H]2[C@]1(C)O. The van der Waals surface area contributed by atoms with Crippen molar-refractivity contribution in [1.82, 2.24) is 0 Å². The molecule has 0 bridgehead atoms. The minimum absolute atomic E-state index is 0.0157. The summed E-state index contributed by atoms with van der Waals surface area (Å²) in [6.45, 7) is 7.38. The van der Waals surface area contributed by atoms with Crippen molar-refractivity contribution in [2.45, 2.75) is 165 Å². The van der Waals surface area contributed by atoms with E-state index in [9.17, 15) is 70.9 Å². The maximum atomic E-state index is 14.7. The summed E-state index contributed by atoms with van der Waals surface area (Å²) in [5, 5.41) is 130. The first-order chi connectivity index (χ1) is 28.0. The normalized spacial score (nSPS) is 55.3. The predicted octanol–water partition coefficient (Wildman–Crippen LogP) is -1.70. The highest BCUT2D eigenvalue weighted by molar-refractivity contribution is 5.79. The zero-order valence-corrected chi connectivity index (χ0v) is 34.9. The lowest BCUT2D eigenvalue weighted by Crippen LogP contribution is -2.72. The van der Waals surface area contributed by atoms with E-state index in [1.807, 2.05) is 19.9 Å². The van der Waals surface area contributed by atoms with Gasteiger partial charge in [-0.3, -0.25) is 9.59 Å². The Bertz CT molecular complexity index is 1670. The first-order valence-corrected chi connectivity index (χ1v) is 21.4. The third kappa shape index (κ3) is 6.25. The number of esters is 1. The van der Waals surface area contributed by atoms with E-state index in [1.54, 1.807) is 6.92 Å². The predicted molar refractivity (Wildman–Crippen MR) is 204 cm³/mol. The Morgan fingerprint density at radius 1 is 0.767 bits per heavy atom. The van der Waals surface area contributed by atoms with Gasteiger partial charge in [-0.25, -0.2) is 0 Å². The maximum absolute atomic E-state index is 14.7. The molecule has 0 aromatic rings. The van der Waals surface area contributed by atoms with Gasteiger partial charge in [0.1, 0.15) is 60.4 Å². The average Bonchev–Trinajstić information content (AvgIpc) is 3.19. The van der Waals surface area contributed by atoms with Crippen LogP contribution in [0.5, 0.6) is 0 Å². The van der Waals surface area contributed by atoms with Gasteiger partial charge in [0.05, 0.1) is 36.9 Å². The van der Waals surface area contributed by atoms with Crippen LogP contribution in [0.1, 0.15) is 86.0 Å². The summed E-state index contributed by atoms with van der Waals surface area (Å²) in [7, 11) is 0. The summed E-state index contributed by atoms with van der Waals surface area (Å²) in [6, 6.07) is 0. The standard InChI is InChI=1S/C42H66O18/c1-18-8-11-41(36(55)60-34-30(52)28(50)26(48)22(16-44)58-34)13-12-38(3)19(31(41)40(18,5)56)6-7-23-37(2)14-20(46)32(59-33-29(51)27(49)25(47)21(15-43)57-33)42(17-45,35(53)54)24(37)9-10-39(23,38)4/h6,18,20-34,43-52,56H,7-17H2,1-5H3,(H,53,54)/t18-,20-,21+,22+,23-,24+,25+,26+,27-,28-,29+,30+,31-,32+,33-,34-,37-,38-,39-,40-,41+,42+/m1/s1. The smallest absolute Gasteiger partial charge is 0.315 e. The van der Waals surface area contributed by atoms with E-state index in [4.69, 9.17) is 18.9 Å². The van der Waals surface area contributed by atoms with Crippen LogP contribution >= 0.6 is 0 Å². The van der Waals surface area contributed by atoms with Gasteiger partial charge < -0.3 is 80.2 Å². The molecule has 6 fully saturated rings. The van der Waals surface area contributed by atoms with Crippen LogP contribution in [0.3, 0.4) is 0 Å². The fourth-order valence-electron chi connectivity index (χ4n) is 13.9. The van der Waals surface area contributed by atoms with Gasteiger partial charge in [0.2, 0.25) is 6.29 Å². The molecular weight excluding hydrogens is 792 g/mol. The molecule has 0 radical (unpaired) electrons. The van der Waals surface area contributed by atoms with Gasteiger partial charge in [0.25, 0.3) is 0 Å². The van der Waals surface area contributed by atoms with E-state index in [0.717, 1.165) is 5.57 Å². The van der Waals surface area contributed by atoms with Crippen molar-refractivity contribution in [3.63, 3.8) is 0 Å². The van der Waals surface area contributed by atoms with Crippen molar-refractivity contribution in [1.29, 1.82) is 0 Å². The Morgan fingerprint density at radius 3 is 1.92 bits per heavy atom. The number of fused-ring (bicyclic) bond motifs is 7. The highest BCUT2D eigenvalue weighted by atomic mass is 16.7. The highest BCUT2D eigenvalue weighted by Crippen LogP contribution is 2.76. The Hall–Kier alpha value is -1.88. The minimum atomic E-state index is -2.13. The summed E-state index contributed by atoms with van der Waals surface area (Å²) in [5.74, 6) is -4.32. The molecule has 2 aliphatic heterocycles. The number of carbonyl (C=O) groups is 2.